The molecule has 0 bridgehead atoms. The Hall–Kier alpha value is -3.06. The van der Waals surface area contributed by atoms with E-state index in [9.17, 15) is 32.8 Å². The molecule has 1 aliphatic heterocycles. The Kier molecular flexibility index (Phi) is 6.82. The number of aromatic carboxylic acids is 1. The normalized spacial score (nSPS) is 15.3. The van der Waals surface area contributed by atoms with Gasteiger partial charge in [0.1, 0.15) is 17.1 Å². The Morgan fingerprint density at radius 3 is 2.49 bits per heavy atom. The molecule has 1 saturated heterocycles. The first kappa shape index (κ1) is 25.0. The van der Waals surface area contributed by atoms with Crippen LogP contribution in [0.3, 0.4) is 0 Å². The van der Waals surface area contributed by atoms with Gasteiger partial charge in [0.15, 0.2) is 10.7 Å². The monoisotopic (exact) mass is 543 g/mol. The number of nitro benzene ring substituents is 1. The largest absolute Gasteiger partial charge is 0.477 e. The summed E-state index contributed by atoms with van der Waals surface area (Å²) in [4.78, 5) is 22.1. The average molecular weight is 544 g/mol. The second-order valence-electron chi connectivity index (χ2n) is 7.72. The molecule has 1 aliphatic rings. The first-order valence-electron chi connectivity index (χ1n) is 10.1. The topological polar surface area (TPSA) is 144 Å². The summed E-state index contributed by atoms with van der Waals surface area (Å²) in [6.07, 6.45) is 0.289. The number of nitrogens with zero attached hydrogens (tertiary/aromatic N) is 3. The van der Waals surface area contributed by atoms with Gasteiger partial charge in [-0.15, -0.1) is 0 Å². The molecule has 2 aromatic carbocycles. The molecule has 0 radical (unpaired) electrons. The van der Waals surface area contributed by atoms with E-state index in [2.05, 4.69) is 5.16 Å². The van der Waals surface area contributed by atoms with E-state index >= 15 is 0 Å². The Bertz CT molecular complexity index is 1410. The van der Waals surface area contributed by atoms with Gasteiger partial charge in [0.05, 0.1) is 15.5 Å². The maximum absolute atomic E-state index is 14.6. The number of carbonyl (C=O) groups is 1. The van der Waals surface area contributed by atoms with Crippen molar-refractivity contribution in [2.24, 2.45) is 0 Å². The molecular weight excluding hydrogens is 528 g/mol. The molecule has 1 aromatic heterocycles. The second-order valence-corrected chi connectivity index (χ2v) is 10.5. The summed E-state index contributed by atoms with van der Waals surface area (Å²) in [5.41, 5.74) is -1.50. The fourth-order valence-electron chi connectivity index (χ4n) is 4.05. The predicted molar refractivity (Wildman–Crippen MR) is 123 cm³/mol. The molecule has 2 heterocycles. The van der Waals surface area contributed by atoms with Crippen LogP contribution >= 0.6 is 23.2 Å². The van der Waals surface area contributed by atoms with E-state index in [0.717, 1.165) is 22.5 Å². The summed E-state index contributed by atoms with van der Waals surface area (Å²) in [6.45, 7) is -0.103. The van der Waals surface area contributed by atoms with Crippen LogP contribution in [0.1, 0.15) is 34.9 Å². The van der Waals surface area contributed by atoms with Crippen molar-refractivity contribution < 1.29 is 32.2 Å². The van der Waals surface area contributed by atoms with Crippen molar-refractivity contribution >= 4 is 44.9 Å². The maximum Gasteiger partial charge on any atom is 0.341 e. The van der Waals surface area contributed by atoms with Crippen LogP contribution in [0, 0.1) is 15.9 Å². The standard InChI is InChI=1S/C21H16Cl2FN3O7S/c22-12-9-13(23)17(14(24)10-12)19-18(21(28)29)20(34-25-19)11-5-7-26(8-6-11)35(32,33)16-4-2-1-3-15(16)27(30)31/h1-4,9-11H,5-8H2,(H,28,29). The van der Waals surface area contributed by atoms with E-state index in [4.69, 9.17) is 27.7 Å². The Labute approximate surface area is 208 Å². The van der Waals surface area contributed by atoms with E-state index in [1.54, 1.807) is 0 Å². The lowest BCUT2D eigenvalue weighted by atomic mass is 9.91. The summed E-state index contributed by atoms with van der Waals surface area (Å²) < 4.78 is 47.1. The number of nitro groups is 1. The summed E-state index contributed by atoms with van der Waals surface area (Å²) >= 11 is 11.9. The number of aromatic nitrogens is 1. The number of para-hydroxylation sites is 1. The molecule has 0 aliphatic carbocycles. The molecule has 1 fully saturated rings. The molecule has 4 rings (SSSR count). The summed E-state index contributed by atoms with van der Waals surface area (Å²) in [5.74, 6) is -2.89. The lowest BCUT2D eigenvalue weighted by Crippen LogP contribution is -2.38. The Morgan fingerprint density at radius 1 is 1.23 bits per heavy atom. The number of hydrogen-bond donors (Lipinski definition) is 1. The van der Waals surface area contributed by atoms with Crippen molar-refractivity contribution in [3.05, 3.63) is 73.7 Å². The van der Waals surface area contributed by atoms with E-state index in [0.29, 0.717) is 0 Å². The maximum atomic E-state index is 14.6. The zero-order valence-corrected chi connectivity index (χ0v) is 20.0. The van der Waals surface area contributed by atoms with Crippen molar-refractivity contribution in [2.75, 3.05) is 13.1 Å². The van der Waals surface area contributed by atoms with Crippen molar-refractivity contribution in [1.82, 2.24) is 9.46 Å². The highest BCUT2D eigenvalue weighted by Crippen LogP contribution is 2.40. The molecule has 0 amide bonds. The SMILES string of the molecule is O=C(O)c1c(-c2c(F)cc(Cl)cc2Cl)noc1C1CCN(S(=O)(=O)c2ccccc2[N+](=O)[O-])CC1. The minimum Gasteiger partial charge on any atom is -0.477 e. The number of hydrogen-bond acceptors (Lipinski definition) is 7. The fraction of sp³-hybridized carbons (Fsp3) is 0.238. The molecule has 35 heavy (non-hydrogen) atoms. The molecule has 0 spiro atoms. The van der Waals surface area contributed by atoms with Crippen LogP contribution in [0.4, 0.5) is 10.1 Å². The fourth-order valence-corrected chi connectivity index (χ4v) is 6.24. The van der Waals surface area contributed by atoms with Gasteiger partial charge in [0.2, 0.25) is 10.0 Å². The van der Waals surface area contributed by atoms with Crippen molar-refractivity contribution in [3.8, 4) is 11.3 Å². The van der Waals surface area contributed by atoms with Gasteiger partial charge >= 0.3 is 5.97 Å². The van der Waals surface area contributed by atoms with E-state index < -0.39 is 43.2 Å². The second kappa shape index (κ2) is 9.53. The molecule has 0 saturated carbocycles. The number of sulfonamides is 1. The Morgan fingerprint density at radius 2 is 1.89 bits per heavy atom. The highest BCUT2D eigenvalue weighted by molar-refractivity contribution is 7.89. The number of halogens is 3. The van der Waals surface area contributed by atoms with E-state index in [-0.39, 0.29) is 58.6 Å². The first-order chi connectivity index (χ1) is 16.5. The van der Waals surface area contributed by atoms with Crippen molar-refractivity contribution in [1.29, 1.82) is 0 Å². The van der Waals surface area contributed by atoms with E-state index in [1.807, 2.05) is 0 Å². The molecule has 3 aromatic rings. The summed E-state index contributed by atoms with van der Waals surface area (Å²) in [6, 6.07) is 7.24. The molecule has 0 unspecified atom stereocenters. The highest BCUT2D eigenvalue weighted by atomic mass is 35.5. The minimum atomic E-state index is -4.17. The average Bonchev–Trinajstić information content (AvgIpc) is 3.23. The smallest absolute Gasteiger partial charge is 0.341 e. The van der Waals surface area contributed by atoms with Gasteiger partial charge < -0.3 is 9.63 Å². The number of piperidine rings is 1. The number of benzene rings is 2. The van der Waals surface area contributed by atoms with Gasteiger partial charge in [-0.1, -0.05) is 40.5 Å². The van der Waals surface area contributed by atoms with Gasteiger partial charge in [0.25, 0.3) is 5.69 Å². The molecule has 14 heteroatoms. The third-order valence-corrected chi connectivity index (χ3v) is 8.14. The van der Waals surface area contributed by atoms with Gasteiger partial charge in [-0.3, -0.25) is 10.1 Å². The zero-order valence-electron chi connectivity index (χ0n) is 17.7. The molecule has 1 N–H and O–H groups in total. The number of rotatable bonds is 6. The Balaban J connectivity index is 1.63. The highest BCUT2D eigenvalue weighted by Gasteiger charge is 2.38. The lowest BCUT2D eigenvalue weighted by molar-refractivity contribution is -0.387. The van der Waals surface area contributed by atoms with Crippen LogP contribution in [-0.2, 0) is 10.0 Å². The molecular formula is C21H16Cl2FN3O7S. The van der Waals surface area contributed by atoms with Gasteiger partial charge in [-0.25, -0.2) is 17.6 Å². The first-order valence-corrected chi connectivity index (χ1v) is 12.3. The van der Waals surface area contributed by atoms with Crippen LogP contribution in [0.15, 0.2) is 45.8 Å². The van der Waals surface area contributed by atoms with Gasteiger partial charge in [0, 0.05) is 30.1 Å². The van der Waals surface area contributed by atoms with Crippen LogP contribution in [0.2, 0.25) is 10.0 Å². The third kappa shape index (κ3) is 4.61. The van der Waals surface area contributed by atoms with Crippen LogP contribution in [-0.4, -0.2) is 47.0 Å². The van der Waals surface area contributed by atoms with Gasteiger partial charge in [-0.2, -0.15) is 4.31 Å². The zero-order chi connectivity index (χ0) is 25.5. The molecule has 10 nitrogen and oxygen atoms in total. The van der Waals surface area contributed by atoms with Crippen LogP contribution in [0.25, 0.3) is 11.3 Å². The molecule has 184 valence electrons. The third-order valence-electron chi connectivity index (χ3n) is 5.68. The lowest BCUT2D eigenvalue weighted by Gasteiger charge is -2.30. The summed E-state index contributed by atoms with van der Waals surface area (Å²) in [7, 11) is -4.17. The quantitative estimate of drug-likeness (QED) is 0.339. The van der Waals surface area contributed by atoms with Crippen molar-refractivity contribution in [3.63, 3.8) is 0 Å². The van der Waals surface area contributed by atoms with Crippen LogP contribution < -0.4 is 0 Å². The minimum absolute atomic E-state index is 0.0177. The predicted octanol–water partition coefficient (Wildman–Crippen LogP) is 4.96. The number of carboxylic acids is 1. The molecule has 0 atom stereocenters. The number of carboxylic acid groups (broad SMARTS) is 1. The van der Waals surface area contributed by atoms with E-state index in [1.165, 1.54) is 18.2 Å². The van der Waals surface area contributed by atoms with Gasteiger partial charge in [-0.05, 0) is 31.0 Å². The van der Waals surface area contributed by atoms with Crippen molar-refractivity contribution in [2.45, 2.75) is 23.7 Å². The summed E-state index contributed by atoms with van der Waals surface area (Å²) in [5, 5.41) is 24.7. The van der Waals surface area contributed by atoms with Crippen LogP contribution in [0.5, 0.6) is 0 Å².